The number of nitrogens with one attached hydrogen (secondary N) is 1. The molecule has 1 aromatic carbocycles. The van der Waals surface area contributed by atoms with Gasteiger partial charge >= 0.3 is 6.18 Å². The van der Waals surface area contributed by atoms with Crippen LogP contribution in [0.1, 0.15) is 12.0 Å². The van der Waals surface area contributed by atoms with E-state index in [2.05, 4.69) is 5.32 Å². The molecular weight excluding hydrogens is 369 g/mol. The van der Waals surface area contributed by atoms with Gasteiger partial charge < -0.3 is 10.2 Å². The average molecular weight is 385 g/mol. The number of amides is 1. The molecule has 1 fully saturated rings. The zero-order chi connectivity index (χ0) is 18.1. The molecule has 24 heavy (non-hydrogen) atoms. The SMILES string of the molecule is CN(C(=O)CNc1ccc(Cl)cc1C(F)(F)F)C1CCS(=O)(=O)C1. The van der Waals surface area contributed by atoms with Crippen LogP contribution in [0.25, 0.3) is 0 Å². The van der Waals surface area contributed by atoms with Crippen molar-refractivity contribution in [3.05, 3.63) is 28.8 Å². The summed E-state index contributed by atoms with van der Waals surface area (Å²) in [6, 6.07) is 2.77. The molecule has 0 spiro atoms. The van der Waals surface area contributed by atoms with Gasteiger partial charge in [-0.05, 0) is 24.6 Å². The molecule has 0 aliphatic carbocycles. The number of likely N-dealkylation sites (N-methyl/N-ethyl adjacent to an activating group) is 1. The zero-order valence-corrected chi connectivity index (χ0v) is 14.3. The predicted molar refractivity (Wildman–Crippen MR) is 84.8 cm³/mol. The third-order valence-corrected chi connectivity index (χ3v) is 5.85. The summed E-state index contributed by atoms with van der Waals surface area (Å²) in [5, 5.41) is 2.39. The maximum atomic E-state index is 13.0. The molecule has 1 atom stereocenters. The fraction of sp³-hybridized carbons (Fsp3) is 0.500. The van der Waals surface area contributed by atoms with Crippen LogP contribution in [-0.4, -0.2) is 50.4 Å². The number of nitrogens with zero attached hydrogens (tertiary/aromatic N) is 1. The second kappa shape index (κ2) is 6.79. The zero-order valence-electron chi connectivity index (χ0n) is 12.7. The number of carbonyl (C=O) groups excluding carboxylic acids is 1. The first-order valence-electron chi connectivity index (χ1n) is 7.06. The van der Waals surface area contributed by atoms with Gasteiger partial charge in [0.25, 0.3) is 0 Å². The first-order chi connectivity index (χ1) is 11.0. The van der Waals surface area contributed by atoms with E-state index in [9.17, 15) is 26.4 Å². The van der Waals surface area contributed by atoms with Gasteiger partial charge in [0.1, 0.15) is 0 Å². The summed E-state index contributed by atoms with van der Waals surface area (Å²) >= 11 is 5.59. The van der Waals surface area contributed by atoms with Crippen LogP contribution in [0.3, 0.4) is 0 Å². The Labute approximate surface area is 142 Å². The van der Waals surface area contributed by atoms with Crippen molar-refractivity contribution >= 4 is 33.0 Å². The van der Waals surface area contributed by atoms with Crippen molar-refractivity contribution in [3.8, 4) is 0 Å². The molecule has 2 rings (SSSR count). The number of carbonyl (C=O) groups is 1. The monoisotopic (exact) mass is 384 g/mol. The predicted octanol–water partition coefficient (Wildman–Crippen LogP) is 2.42. The molecule has 134 valence electrons. The van der Waals surface area contributed by atoms with Crippen LogP contribution in [0.5, 0.6) is 0 Å². The molecule has 0 aromatic heterocycles. The Hall–Kier alpha value is -1.48. The Morgan fingerprint density at radius 3 is 2.62 bits per heavy atom. The Balaban J connectivity index is 2.04. The van der Waals surface area contributed by atoms with Crippen LogP contribution in [0.2, 0.25) is 5.02 Å². The molecule has 1 heterocycles. The van der Waals surface area contributed by atoms with Crippen molar-refractivity contribution in [1.29, 1.82) is 0 Å². The van der Waals surface area contributed by atoms with Crippen molar-refractivity contribution in [1.82, 2.24) is 4.90 Å². The molecule has 1 aliphatic heterocycles. The number of hydrogen-bond acceptors (Lipinski definition) is 4. The highest BCUT2D eigenvalue weighted by Crippen LogP contribution is 2.36. The second-order valence-corrected chi connectivity index (χ2v) is 8.27. The molecular formula is C14H16ClF3N2O3S. The molecule has 5 nitrogen and oxygen atoms in total. The molecule has 1 unspecified atom stereocenters. The number of rotatable bonds is 4. The smallest absolute Gasteiger partial charge is 0.376 e. The standard InChI is InChI=1S/C14H16ClF3N2O3S/c1-20(10-4-5-24(22,23)8-10)13(21)7-19-12-3-2-9(15)6-11(12)14(16,17)18/h2-3,6,10,19H,4-5,7-8H2,1H3. The van der Waals surface area contributed by atoms with E-state index < -0.39 is 33.5 Å². The first-order valence-corrected chi connectivity index (χ1v) is 9.26. The Kier molecular flexibility index (Phi) is 5.34. The van der Waals surface area contributed by atoms with Crippen LogP contribution >= 0.6 is 11.6 Å². The van der Waals surface area contributed by atoms with Gasteiger partial charge in [0, 0.05) is 23.8 Å². The van der Waals surface area contributed by atoms with Gasteiger partial charge in [-0.15, -0.1) is 0 Å². The summed E-state index contributed by atoms with van der Waals surface area (Å²) in [5.74, 6) is -0.595. The molecule has 1 saturated heterocycles. The fourth-order valence-corrected chi connectivity index (χ4v) is 4.43. The number of benzene rings is 1. The molecule has 0 radical (unpaired) electrons. The van der Waals surface area contributed by atoms with E-state index in [-0.39, 0.29) is 28.8 Å². The summed E-state index contributed by atoms with van der Waals surface area (Å²) in [4.78, 5) is 13.4. The maximum absolute atomic E-state index is 13.0. The average Bonchev–Trinajstić information content (AvgIpc) is 2.84. The highest BCUT2D eigenvalue weighted by atomic mass is 35.5. The summed E-state index contributed by atoms with van der Waals surface area (Å²) in [6.07, 6.45) is -4.28. The van der Waals surface area contributed by atoms with Gasteiger partial charge in [-0.25, -0.2) is 8.42 Å². The number of anilines is 1. The minimum atomic E-state index is -4.61. The number of hydrogen-bond donors (Lipinski definition) is 1. The van der Waals surface area contributed by atoms with Gasteiger partial charge in [0.2, 0.25) is 5.91 Å². The molecule has 10 heteroatoms. The third-order valence-electron chi connectivity index (χ3n) is 3.87. The largest absolute Gasteiger partial charge is 0.418 e. The van der Waals surface area contributed by atoms with E-state index >= 15 is 0 Å². The number of sulfone groups is 1. The van der Waals surface area contributed by atoms with E-state index in [0.29, 0.717) is 6.42 Å². The van der Waals surface area contributed by atoms with Gasteiger partial charge in [-0.2, -0.15) is 13.2 Å². The highest BCUT2D eigenvalue weighted by molar-refractivity contribution is 7.91. The highest BCUT2D eigenvalue weighted by Gasteiger charge is 2.35. The lowest BCUT2D eigenvalue weighted by atomic mass is 10.1. The van der Waals surface area contributed by atoms with E-state index in [1.165, 1.54) is 18.0 Å². The van der Waals surface area contributed by atoms with Crippen LogP contribution in [0, 0.1) is 0 Å². The van der Waals surface area contributed by atoms with Crippen molar-refractivity contribution in [2.75, 3.05) is 30.4 Å². The summed E-state index contributed by atoms with van der Waals surface area (Å²) in [6.45, 7) is -0.377. The molecule has 1 amide bonds. The lowest BCUT2D eigenvalue weighted by Crippen LogP contribution is -2.41. The van der Waals surface area contributed by atoms with Gasteiger partial charge in [-0.3, -0.25) is 4.79 Å². The lowest BCUT2D eigenvalue weighted by Gasteiger charge is -2.24. The van der Waals surface area contributed by atoms with Crippen molar-refractivity contribution in [2.45, 2.75) is 18.6 Å². The van der Waals surface area contributed by atoms with Crippen LogP contribution < -0.4 is 5.32 Å². The molecule has 0 saturated carbocycles. The summed E-state index contributed by atoms with van der Waals surface area (Å²) < 4.78 is 61.8. The second-order valence-electron chi connectivity index (χ2n) is 5.60. The summed E-state index contributed by atoms with van der Waals surface area (Å²) in [7, 11) is -1.70. The summed E-state index contributed by atoms with van der Waals surface area (Å²) in [5.41, 5.74) is -1.22. The van der Waals surface area contributed by atoms with Crippen molar-refractivity contribution in [2.24, 2.45) is 0 Å². The van der Waals surface area contributed by atoms with E-state index in [0.717, 1.165) is 12.1 Å². The van der Waals surface area contributed by atoms with Crippen LogP contribution in [-0.2, 0) is 20.8 Å². The molecule has 1 aromatic rings. The number of alkyl halides is 3. The van der Waals surface area contributed by atoms with Crippen molar-refractivity contribution in [3.63, 3.8) is 0 Å². The first kappa shape index (κ1) is 18.9. The molecule has 1 N–H and O–H groups in total. The van der Waals surface area contributed by atoms with Gasteiger partial charge in [-0.1, -0.05) is 11.6 Å². The fourth-order valence-electron chi connectivity index (χ4n) is 2.49. The van der Waals surface area contributed by atoms with E-state index in [1.807, 2.05) is 0 Å². The normalized spacial score (nSPS) is 20.0. The molecule has 1 aliphatic rings. The lowest BCUT2D eigenvalue weighted by molar-refractivity contribution is -0.137. The van der Waals surface area contributed by atoms with Gasteiger partial charge in [0.05, 0.1) is 23.6 Å². The minimum absolute atomic E-state index is 0.0120. The Morgan fingerprint density at radius 2 is 2.08 bits per heavy atom. The van der Waals surface area contributed by atoms with E-state index in [4.69, 9.17) is 11.6 Å². The Bertz CT molecular complexity index is 737. The molecule has 0 bridgehead atoms. The van der Waals surface area contributed by atoms with Gasteiger partial charge in [0.15, 0.2) is 9.84 Å². The minimum Gasteiger partial charge on any atom is -0.376 e. The number of halogens is 4. The quantitative estimate of drug-likeness (QED) is 0.865. The maximum Gasteiger partial charge on any atom is 0.418 e. The Morgan fingerprint density at radius 1 is 1.42 bits per heavy atom. The van der Waals surface area contributed by atoms with E-state index in [1.54, 1.807) is 0 Å². The third kappa shape index (κ3) is 4.54. The van der Waals surface area contributed by atoms with Crippen LogP contribution in [0.4, 0.5) is 18.9 Å². The van der Waals surface area contributed by atoms with Crippen molar-refractivity contribution < 1.29 is 26.4 Å². The van der Waals surface area contributed by atoms with Crippen LogP contribution in [0.15, 0.2) is 18.2 Å². The topological polar surface area (TPSA) is 66.5 Å².